The molecule has 0 aliphatic heterocycles. The van der Waals surface area contributed by atoms with E-state index in [0.717, 1.165) is 10.1 Å². The molecule has 3 rings (SSSR count). The normalized spacial score (nSPS) is 10.4. The van der Waals surface area contributed by atoms with Gasteiger partial charge in [0.1, 0.15) is 11.6 Å². The zero-order valence-electron chi connectivity index (χ0n) is 13.0. The Morgan fingerprint density at radius 1 is 1.16 bits per heavy atom. The molecule has 0 aliphatic rings. The maximum Gasteiger partial charge on any atom is 0.264 e. The van der Waals surface area contributed by atoms with Gasteiger partial charge in [-0.25, -0.2) is 4.39 Å². The van der Waals surface area contributed by atoms with Crippen molar-refractivity contribution in [2.24, 2.45) is 0 Å². The minimum atomic E-state index is -0.415. The molecule has 1 amide bonds. The Bertz CT molecular complexity index is 843. The van der Waals surface area contributed by atoms with Crippen molar-refractivity contribution in [2.45, 2.75) is 10.1 Å². The number of carbonyl (C=O) groups excluding carboxylic acids is 1. The van der Waals surface area contributed by atoms with Crippen molar-refractivity contribution in [3.05, 3.63) is 66.0 Å². The van der Waals surface area contributed by atoms with Crippen LogP contribution in [0, 0.1) is 5.82 Å². The van der Waals surface area contributed by atoms with Crippen LogP contribution in [-0.2, 0) is 10.5 Å². The largest absolute Gasteiger partial charge is 0.484 e. The number of aromatic nitrogens is 2. The molecule has 8 heteroatoms. The van der Waals surface area contributed by atoms with E-state index in [1.54, 1.807) is 17.8 Å². The quantitative estimate of drug-likeness (QED) is 0.500. The van der Waals surface area contributed by atoms with E-state index >= 15 is 0 Å². The average molecular weight is 375 g/mol. The van der Waals surface area contributed by atoms with Crippen molar-refractivity contribution in [3.8, 4) is 5.75 Å². The van der Waals surface area contributed by atoms with E-state index in [2.05, 4.69) is 15.5 Å². The number of hydrogen-bond donors (Lipinski definition) is 1. The number of thioether (sulfide) groups is 1. The van der Waals surface area contributed by atoms with Crippen LogP contribution in [0.4, 0.5) is 9.52 Å². The molecule has 1 aromatic heterocycles. The van der Waals surface area contributed by atoms with Crippen LogP contribution in [0.1, 0.15) is 5.56 Å². The van der Waals surface area contributed by atoms with Crippen molar-refractivity contribution in [3.63, 3.8) is 0 Å². The molecule has 128 valence electrons. The third kappa shape index (κ3) is 5.54. The minimum Gasteiger partial charge on any atom is -0.484 e. The Hall–Kier alpha value is -2.45. The van der Waals surface area contributed by atoms with E-state index in [0.29, 0.717) is 10.9 Å². The Kier molecular flexibility index (Phi) is 5.97. The SMILES string of the molecule is O=C(COc1cccc(F)c1)Nc1nnc(SCc2ccccc2)s1. The molecule has 0 fully saturated rings. The first kappa shape index (κ1) is 17.4. The van der Waals surface area contributed by atoms with Crippen LogP contribution in [0.3, 0.4) is 0 Å². The van der Waals surface area contributed by atoms with Gasteiger partial charge in [0, 0.05) is 11.8 Å². The number of anilines is 1. The summed E-state index contributed by atoms with van der Waals surface area (Å²) >= 11 is 2.85. The molecular weight excluding hydrogens is 361 g/mol. The van der Waals surface area contributed by atoms with Crippen molar-refractivity contribution < 1.29 is 13.9 Å². The zero-order chi connectivity index (χ0) is 17.5. The predicted octanol–water partition coefficient (Wildman–Crippen LogP) is 3.99. The summed E-state index contributed by atoms with van der Waals surface area (Å²) in [5, 5.41) is 11.0. The first-order valence-electron chi connectivity index (χ1n) is 7.37. The molecule has 3 aromatic rings. The van der Waals surface area contributed by atoms with Gasteiger partial charge in [0.15, 0.2) is 10.9 Å². The molecular formula is C17H14FN3O2S2. The maximum atomic E-state index is 13.0. The fourth-order valence-corrected chi connectivity index (χ4v) is 3.62. The van der Waals surface area contributed by atoms with Gasteiger partial charge in [-0.2, -0.15) is 0 Å². The van der Waals surface area contributed by atoms with Gasteiger partial charge < -0.3 is 4.74 Å². The summed E-state index contributed by atoms with van der Waals surface area (Å²) in [5.74, 6) is 0.292. The molecule has 0 bridgehead atoms. The average Bonchev–Trinajstić information content (AvgIpc) is 3.06. The molecule has 1 heterocycles. The lowest BCUT2D eigenvalue weighted by Crippen LogP contribution is -2.20. The third-order valence-electron chi connectivity index (χ3n) is 3.02. The zero-order valence-corrected chi connectivity index (χ0v) is 14.6. The summed E-state index contributed by atoms with van der Waals surface area (Å²) < 4.78 is 19.0. The minimum absolute atomic E-state index is 0.227. The Balaban J connectivity index is 1.46. The van der Waals surface area contributed by atoms with Gasteiger partial charge in [-0.3, -0.25) is 10.1 Å². The van der Waals surface area contributed by atoms with E-state index in [1.807, 2.05) is 30.3 Å². The summed E-state index contributed by atoms with van der Waals surface area (Å²) in [6.45, 7) is -0.227. The number of nitrogens with zero attached hydrogens (tertiary/aromatic N) is 2. The molecule has 5 nitrogen and oxygen atoms in total. The highest BCUT2D eigenvalue weighted by Crippen LogP contribution is 2.28. The van der Waals surface area contributed by atoms with Crippen LogP contribution in [0.2, 0.25) is 0 Å². The molecule has 0 radical (unpaired) electrons. The molecule has 0 unspecified atom stereocenters. The highest BCUT2D eigenvalue weighted by atomic mass is 32.2. The van der Waals surface area contributed by atoms with Crippen LogP contribution in [0.5, 0.6) is 5.75 Å². The van der Waals surface area contributed by atoms with E-state index in [4.69, 9.17) is 4.74 Å². The molecule has 1 N–H and O–H groups in total. The Morgan fingerprint density at radius 2 is 2.00 bits per heavy atom. The smallest absolute Gasteiger partial charge is 0.264 e. The lowest BCUT2D eigenvalue weighted by Gasteiger charge is -2.05. The molecule has 2 aromatic carbocycles. The summed E-state index contributed by atoms with van der Waals surface area (Å²) in [4.78, 5) is 11.9. The van der Waals surface area contributed by atoms with Crippen molar-refractivity contribution in [1.29, 1.82) is 0 Å². The second kappa shape index (κ2) is 8.59. The predicted molar refractivity (Wildman–Crippen MR) is 96.4 cm³/mol. The number of ether oxygens (including phenoxy) is 1. The molecule has 0 saturated carbocycles. The topological polar surface area (TPSA) is 64.1 Å². The van der Waals surface area contributed by atoms with Crippen LogP contribution in [-0.4, -0.2) is 22.7 Å². The van der Waals surface area contributed by atoms with Crippen LogP contribution in [0.25, 0.3) is 0 Å². The maximum absolute atomic E-state index is 13.0. The lowest BCUT2D eigenvalue weighted by atomic mass is 10.2. The van der Waals surface area contributed by atoms with Gasteiger partial charge in [-0.1, -0.05) is 59.5 Å². The number of carbonyl (C=O) groups is 1. The van der Waals surface area contributed by atoms with Gasteiger partial charge in [-0.05, 0) is 17.7 Å². The Morgan fingerprint density at radius 3 is 2.80 bits per heavy atom. The molecule has 25 heavy (non-hydrogen) atoms. The lowest BCUT2D eigenvalue weighted by molar-refractivity contribution is -0.118. The number of rotatable bonds is 7. The van der Waals surface area contributed by atoms with Crippen LogP contribution < -0.4 is 10.1 Å². The fourth-order valence-electron chi connectivity index (χ4n) is 1.90. The third-order valence-corrected chi connectivity index (χ3v) is 5.07. The molecule has 0 saturated heterocycles. The van der Waals surface area contributed by atoms with E-state index in [9.17, 15) is 9.18 Å². The number of nitrogens with one attached hydrogen (secondary N) is 1. The monoisotopic (exact) mass is 375 g/mol. The first-order valence-corrected chi connectivity index (χ1v) is 9.18. The number of amides is 1. The highest BCUT2D eigenvalue weighted by molar-refractivity contribution is 8.00. The Labute approximate surface area is 152 Å². The van der Waals surface area contributed by atoms with E-state index in [-0.39, 0.29) is 12.5 Å². The van der Waals surface area contributed by atoms with Gasteiger partial charge >= 0.3 is 0 Å². The molecule has 0 spiro atoms. The number of halogens is 1. The summed E-state index contributed by atoms with van der Waals surface area (Å²) in [5.41, 5.74) is 1.19. The second-order valence-electron chi connectivity index (χ2n) is 4.94. The van der Waals surface area contributed by atoms with Gasteiger partial charge in [0.05, 0.1) is 0 Å². The second-order valence-corrected chi connectivity index (χ2v) is 7.14. The van der Waals surface area contributed by atoms with Gasteiger partial charge in [0.25, 0.3) is 5.91 Å². The number of hydrogen-bond acceptors (Lipinski definition) is 6. The standard InChI is InChI=1S/C17H14FN3O2S2/c18-13-7-4-8-14(9-13)23-10-15(22)19-16-20-21-17(25-16)24-11-12-5-2-1-3-6-12/h1-9H,10-11H2,(H,19,20,22). The van der Waals surface area contributed by atoms with E-state index in [1.165, 1.54) is 35.1 Å². The van der Waals surface area contributed by atoms with Crippen molar-refractivity contribution in [1.82, 2.24) is 10.2 Å². The first-order chi connectivity index (χ1) is 12.2. The van der Waals surface area contributed by atoms with Gasteiger partial charge in [-0.15, -0.1) is 10.2 Å². The van der Waals surface area contributed by atoms with Gasteiger partial charge in [0.2, 0.25) is 5.13 Å². The van der Waals surface area contributed by atoms with Crippen LogP contribution in [0.15, 0.2) is 58.9 Å². The summed E-state index contributed by atoms with van der Waals surface area (Å²) in [6.07, 6.45) is 0. The molecule has 0 atom stereocenters. The summed E-state index contributed by atoms with van der Waals surface area (Å²) in [6, 6.07) is 15.7. The highest BCUT2D eigenvalue weighted by Gasteiger charge is 2.10. The van der Waals surface area contributed by atoms with Crippen LogP contribution >= 0.6 is 23.1 Å². The molecule has 0 aliphatic carbocycles. The number of benzene rings is 2. The van der Waals surface area contributed by atoms with Crippen molar-refractivity contribution >= 4 is 34.1 Å². The van der Waals surface area contributed by atoms with E-state index < -0.39 is 5.82 Å². The van der Waals surface area contributed by atoms with Crippen molar-refractivity contribution in [2.75, 3.05) is 11.9 Å². The summed E-state index contributed by atoms with van der Waals surface area (Å²) in [7, 11) is 0. The fraction of sp³-hybridized carbons (Fsp3) is 0.118.